The van der Waals surface area contributed by atoms with E-state index in [1.165, 1.54) is 6.07 Å². The molecule has 0 atom stereocenters. The Labute approximate surface area is 104 Å². The number of aliphatic hydroxyl groups is 1. The maximum atomic E-state index is 9.78. The summed E-state index contributed by atoms with van der Waals surface area (Å²) in [6.45, 7) is 0. The van der Waals surface area contributed by atoms with Crippen LogP contribution < -0.4 is 0 Å². The summed E-state index contributed by atoms with van der Waals surface area (Å²) in [5.41, 5.74) is 1.45. The maximum absolute atomic E-state index is 9.78. The van der Waals surface area contributed by atoms with Gasteiger partial charge in [0.05, 0.1) is 0 Å². The summed E-state index contributed by atoms with van der Waals surface area (Å²) in [4.78, 5) is 0. The summed E-state index contributed by atoms with van der Waals surface area (Å²) in [6, 6.07) is 11.5. The van der Waals surface area contributed by atoms with Gasteiger partial charge in [0.2, 0.25) is 0 Å². The number of para-hydroxylation sites is 1. The molecule has 0 aliphatic rings. The summed E-state index contributed by atoms with van der Waals surface area (Å²) in [6.07, 6.45) is 0. The molecule has 86 valence electrons. The lowest BCUT2D eigenvalue weighted by Crippen LogP contribution is -1.97. The van der Waals surface area contributed by atoms with Crippen molar-refractivity contribution in [2.45, 2.75) is 0 Å². The van der Waals surface area contributed by atoms with Gasteiger partial charge in [0, 0.05) is 11.1 Å². The minimum absolute atomic E-state index is 0.207. The van der Waals surface area contributed by atoms with Crippen LogP contribution in [0, 0.1) is 0 Å². The van der Waals surface area contributed by atoms with Crippen molar-refractivity contribution in [2.75, 3.05) is 0 Å². The highest BCUT2D eigenvalue weighted by atomic mass is 32.1. The van der Waals surface area contributed by atoms with Gasteiger partial charge in [-0.25, -0.2) is 0 Å². The van der Waals surface area contributed by atoms with E-state index in [1.807, 2.05) is 0 Å². The molecule has 17 heavy (non-hydrogen) atoms. The summed E-state index contributed by atoms with van der Waals surface area (Å²) < 4.78 is 0. The molecule has 0 saturated carbocycles. The molecule has 3 N–H and O–H groups in total. The van der Waals surface area contributed by atoms with Crippen molar-refractivity contribution in [3.63, 3.8) is 0 Å². The molecular weight excluding hydrogens is 236 g/mol. The number of phenols is 2. The van der Waals surface area contributed by atoms with E-state index in [0.29, 0.717) is 16.7 Å². The third-order valence-corrected chi connectivity index (χ3v) is 2.68. The van der Waals surface area contributed by atoms with Crippen molar-refractivity contribution in [1.82, 2.24) is 0 Å². The van der Waals surface area contributed by atoms with Crippen LogP contribution in [-0.4, -0.2) is 20.4 Å². The zero-order valence-electron chi connectivity index (χ0n) is 8.79. The van der Waals surface area contributed by atoms with Gasteiger partial charge in [0.25, 0.3) is 0 Å². The smallest absolute Gasteiger partial charge is 0.189 e. The third-order valence-electron chi connectivity index (χ3n) is 2.46. The zero-order chi connectivity index (χ0) is 12.4. The standard InChI is InChI=1S/C13H10O3S/c14-11-7-3-6-9(12(11)15)8-4-1-2-5-10(8)13(16)17/h1-7,14-15H,(H,16,17). The van der Waals surface area contributed by atoms with Crippen LogP contribution in [0.15, 0.2) is 42.5 Å². The van der Waals surface area contributed by atoms with E-state index in [9.17, 15) is 15.3 Å². The molecule has 0 aromatic heterocycles. The predicted molar refractivity (Wildman–Crippen MR) is 69.5 cm³/mol. The fraction of sp³-hybridized carbons (Fsp3) is 0. The molecule has 0 radical (unpaired) electrons. The van der Waals surface area contributed by atoms with Gasteiger partial charge in [-0.3, -0.25) is 0 Å². The maximum Gasteiger partial charge on any atom is 0.189 e. The van der Waals surface area contributed by atoms with Crippen molar-refractivity contribution in [2.24, 2.45) is 0 Å². The van der Waals surface area contributed by atoms with Crippen molar-refractivity contribution >= 4 is 17.3 Å². The predicted octanol–water partition coefficient (Wildman–Crippen LogP) is 3.00. The van der Waals surface area contributed by atoms with E-state index in [2.05, 4.69) is 0 Å². The largest absolute Gasteiger partial charge is 0.504 e. The molecule has 0 amide bonds. The van der Waals surface area contributed by atoms with Crippen LogP contribution in [0.4, 0.5) is 0 Å². The first-order chi connectivity index (χ1) is 8.11. The first-order valence-electron chi connectivity index (χ1n) is 4.95. The van der Waals surface area contributed by atoms with E-state index in [0.717, 1.165) is 0 Å². The molecular formula is C13H10O3S. The molecule has 2 rings (SSSR count). The van der Waals surface area contributed by atoms with Crippen molar-refractivity contribution < 1.29 is 15.3 Å². The van der Waals surface area contributed by atoms with E-state index >= 15 is 0 Å². The Kier molecular flexibility index (Phi) is 2.97. The number of aliphatic hydroxyl groups excluding tert-OH is 1. The topological polar surface area (TPSA) is 60.7 Å². The second-order valence-electron chi connectivity index (χ2n) is 3.52. The molecule has 2 aromatic rings. The first kappa shape index (κ1) is 11.4. The zero-order valence-corrected chi connectivity index (χ0v) is 9.61. The average Bonchev–Trinajstić information content (AvgIpc) is 2.33. The summed E-state index contributed by atoms with van der Waals surface area (Å²) in [5, 5.41) is 28.4. The number of thiocarbonyl (C=S) groups is 1. The van der Waals surface area contributed by atoms with E-state index < -0.39 is 0 Å². The lowest BCUT2D eigenvalue weighted by molar-refractivity contribution is 0.405. The van der Waals surface area contributed by atoms with E-state index in [-0.39, 0.29) is 16.5 Å². The number of aromatic hydroxyl groups is 2. The molecule has 3 nitrogen and oxygen atoms in total. The molecule has 4 heteroatoms. The average molecular weight is 246 g/mol. The van der Waals surface area contributed by atoms with Crippen LogP contribution in [-0.2, 0) is 0 Å². The molecule has 0 saturated heterocycles. The molecule has 0 fully saturated rings. The highest BCUT2D eigenvalue weighted by Gasteiger charge is 2.13. The Hall–Kier alpha value is -2.07. The summed E-state index contributed by atoms with van der Waals surface area (Å²) in [5.74, 6) is -0.433. The molecule has 0 spiro atoms. The monoisotopic (exact) mass is 246 g/mol. The number of hydrogen-bond acceptors (Lipinski definition) is 3. The van der Waals surface area contributed by atoms with Crippen molar-refractivity contribution in [3.8, 4) is 22.6 Å². The first-order valence-corrected chi connectivity index (χ1v) is 5.35. The van der Waals surface area contributed by atoms with Gasteiger partial charge in [0.15, 0.2) is 16.5 Å². The Bertz CT molecular complexity index is 579. The summed E-state index contributed by atoms with van der Waals surface area (Å²) >= 11 is 4.74. The second kappa shape index (κ2) is 4.43. The summed E-state index contributed by atoms with van der Waals surface area (Å²) in [7, 11) is 0. The minimum Gasteiger partial charge on any atom is -0.504 e. The Balaban J connectivity index is 2.69. The number of rotatable bonds is 2. The number of hydrogen-bond donors (Lipinski definition) is 3. The van der Waals surface area contributed by atoms with E-state index in [4.69, 9.17) is 12.2 Å². The molecule has 0 aliphatic heterocycles. The van der Waals surface area contributed by atoms with Crippen LogP contribution in [0.2, 0.25) is 0 Å². The van der Waals surface area contributed by atoms with Crippen LogP contribution in [0.25, 0.3) is 11.1 Å². The molecule has 0 aliphatic carbocycles. The van der Waals surface area contributed by atoms with Gasteiger partial charge in [-0.05, 0) is 29.9 Å². The normalized spacial score (nSPS) is 10.1. The van der Waals surface area contributed by atoms with Gasteiger partial charge >= 0.3 is 0 Å². The van der Waals surface area contributed by atoms with Crippen LogP contribution >= 0.6 is 12.2 Å². The third kappa shape index (κ3) is 2.07. The fourth-order valence-corrected chi connectivity index (χ4v) is 1.83. The second-order valence-corrected chi connectivity index (χ2v) is 3.91. The number of benzene rings is 2. The van der Waals surface area contributed by atoms with E-state index in [1.54, 1.807) is 36.4 Å². The van der Waals surface area contributed by atoms with Crippen molar-refractivity contribution in [3.05, 3.63) is 48.0 Å². The lowest BCUT2D eigenvalue weighted by Gasteiger charge is -2.10. The van der Waals surface area contributed by atoms with Gasteiger partial charge < -0.3 is 15.3 Å². The van der Waals surface area contributed by atoms with Crippen LogP contribution in [0.1, 0.15) is 5.56 Å². The minimum atomic E-state index is -0.247. The van der Waals surface area contributed by atoms with Crippen LogP contribution in [0.3, 0.4) is 0 Å². The van der Waals surface area contributed by atoms with Gasteiger partial charge in [0.1, 0.15) is 0 Å². The Morgan fingerprint density at radius 3 is 2.24 bits per heavy atom. The molecule has 0 unspecified atom stereocenters. The highest BCUT2D eigenvalue weighted by molar-refractivity contribution is 7.80. The number of phenolic OH excluding ortho intramolecular Hbond substituents is 2. The van der Waals surface area contributed by atoms with Gasteiger partial charge in [-0.2, -0.15) is 0 Å². The fourth-order valence-electron chi connectivity index (χ4n) is 1.65. The SMILES string of the molecule is OC(=S)c1ccccc1-c1cccc(O)c1O. The quantitative estimate of drug-likeness (QED) is 0.563. The molecule has 2 aromatic carbocycles. The van der Waals surface area contributed by atoms with Gasteiger partial charge in [-0.1, -0.05) is 30.3 Å². The van der Waals surface area contributed by atoms with Crippen molar-refractivity contribution in [1.29, 1.82) is 0 Å². The highest BCUT2D eigenvalue weighted by Crippen LogP contribution is 2.37. The molecule has 0 bridgehead atoms. The Morgan fingerprint density at radius 1 is 0.882 bits per heavy atom. The lowest BCUT2D eigenvalue weighted by atomic mass is 9.99. The van der Waals surface area contributed by atoms with Crippen LogP contribution in [0.5, 0.6) is 11.5 Å². The van der Waals surface area contributed by atoms with Gasteiger partial charge in [-0.15, -0.1) is 0 Å². The Morgan fingerprint density at radius 2 is 1.53 bits per heavy atom. The molecule has 0 heterocycles.